The lowest BCUT2D eigenvalue weighted by atomic mass is 10.0. The molecule has 2 aromatic carbocycles. The van der Waals surface area contributed by atoms with E-state index in [0.717, 1.165) is 19.5 Å². The Labute approximate surface area is 161 Å². The van der Waals surface area contributed by atoms with Crippen molar-refractivity contribution in [1.82, 2.24) is 10.2 Å². The lowest BCUT2D eigenvalue weighted by Gasteiger charge is -2.36. The minimum Gasteiger partial charge on any atom is -0.493 e. The van der Waals surface area contributed by atoms with Crippen LogP contribution in [0.5, 0.6) is 11.5 Å². The number of nitrogens with zero attached hydrogens (tertiary/aromatic N) is 1. The van der Waals surface area contributed by atoms with Gasteiger partial charge in [0.05, 0.1) is 26.2 Å². The van der Waals surface area contributed by atoms with E-state index in [0.29, 0.717) is 31.1 Å². The number of carbonyl (C=O) groups is 1. The standard InChI is InChI=1S/C22H28N2O3/c1-3-17-8-10-18(11-9-17)19-16-23-13-14-24(19)22(25)12-15-27-21-7-5-4-6-20(21)26-2/h4-11,19,23H,3,12-16H2,1-2H3. The molecule has 0 saturated carbocycles. The van der Waals surface area contributed by atoms with Crippen molar-refractivity contribution in [3.8, 4) is 11.5 Å². The number of para-hydroxylation sites is 2. The fourth-order valence-corrected chi connectivity index (χ4v) is 3.41. The number of rotatable bonds is 7. The zero-order valence-electron chi connectivity index (χ0n) is 16.1. The van der Waals surface area contributed by atoms with Crippen molar-refractivity contribution in [2.75, 3.05) is 33.4 Å². The Morgan fingerprint density at radius 1 is 1.15 bits per heavy atom. The van der Waals surface area contributed by atoms with Crippen molar-refractivity contribution >= 4 is 5.91 Å². The molecule has 1 N–H and O–H groups in total. The number of amides is 1. The van der Waals surface area contributed by atoms with Gasteiger partial charge < -0.3 is 19.7 Å². The molecule has 1 unspecified atom stereocenters. The SMILES string of the molecule is CCc1ccc(C2CNCCN2C(=O)CCOc2ccccc2OC)cc1. The van der Waals surface area contributed by atoms with Crippen molar-refractivity contribution in [2.45, 2.75) is 25.8 Å². The molecule has 0 aromatic heterocycles. The summed E-state index contributed by atoms with van der Waals surface area (Å²) in [6.07, 6.45) is 1.37. The van der Waals surface area contributed by atoms with Crippen LogP contribution in [0.3, 0.4) is 0 Å². The number of ether oxygens (including phenoxy) is 2. The summed E-state index contributed by atoms with van der Waals surface area (Å²) >= 11 is 0. The third kappa shape index (κ3) is 4.80. The highest BCUT2D eigenvalue weighted by Gasteiger charge is 2.27. The molecule has 2 aromatic rings. The van der Waals surface area contributed by atoms with Crippen LogP contribution in [0.1, 0.15) is 30.5 Å². The van der Waals surface area contributed by atoms with Gasteiger partial charge in [0.1, 0.15) is 0 Å². The van der Waals surface area contributed by atoms with E-state index in [-0.39, 0.29) is 11.9 Å². The Morgan fingerprint density at radius 3 is 2.59 bits per heavy atom. The molecule has 0 aliphatic carbocycles. The highest BCUT2D eigenvalue weighted by Crippen LogP contribution is 2.27. The molecular weight excluding hydrogens is 340 g/mol. The third-order valence-corrected chi connectivity index (χ3v) is 4.98. The van der Waals surface area contributed by atoms with E-state index in [1.54, 1.807) is 7.11 Å². The van der Waals surface area contributed by atoms with E-state index in [1.165, 1.54) is 11.1 Å². The number of hydrogen-bond acceptors (Lipinski definition) is 4. The average molecular weight is 368 g/mol. The molecule has 0 bridgehead atoms. The smallest absolute Gasteiger partial charge is 0.226 e. The molecule has 5 nitrogen and oxygen atoms in total. The summed E-state index contributed by atoms with van der Waals surface area (Å²) in [5.74, 6) is 1.47. The molecule has 0 spiro atoms. The first-order valence-corrected chi connectivity index (χ1v) is 9.57. The molecule has 1 amide bonds. The number of carbonyl (C=O) groups excluding carboxylic acids is 1. The van der Waals surface area contributed by atoms with Crippen molar-refractivity contribution in [2.24, 2.45) is 0 Å². The summed E-state index contributed by atoms with van der Waals surface area (Å²) < 4.78 is 11.1. The van der Waals surface area contributed by atoms with Gasteiger partial charge in [-0.1, -0.05) is 43.3 Å². The second-order valence-electron chi connectivity index (χ2n) is 6.65. The number of nitrogens with one attached hydrogen (secondary N) is 1. The monoisotopic (exact) mass is 368 g/mol. The molecule has 3 rings (SSSR count). The Balaban J connectivity index is 1.61. The van der Waals surface area contributed by atoms with E-state index in [1.807, 2.05) is 29.2 Å². The van der Waals surface area contributed by atoms with Gasteiger partial charge in [-0.05, 0) is 29.7 Å². The van der Waals surface area contributed by atoms with E-state index < -0.39 is 0 Å². The Morgan fingerprint density at radius 2 is 1.89 bits per heavy atom. The number of hydrogen-bond donors (Lipinski definition) is 1. The van der Waals surface area contributed by atoms with Gasteiger partial charge in [0.2, 0.25) is 5.91 Å². The maximum atomic E-state index is 12.8. The topological polar surface area (TPSA) is 50.8 Å². The lowest BCUT2D eigenvalue weighted by molar-refractivity contribution is -0.135. The normalized spacial score (nSPS) is 16.8. The van der Waals surface area contributed by atoms with Gasteiger partial charge in [-0.25, -0.2) is 0 Å². The second kappa shape index (κ2) is 9.42. The number of aryl methyl sites for hydroxylation is 1. The molecule has 144 valence electrons. The zero-order valence-corrected chi connectivity index (χ0v) is 16.1. The summed E-state index contributed by atoms with van der Waals surface area (Å²) in [6, 6.07) is 16.1. The summed E-state index contributed by atoms with van der Waals surface area (Å²) in [4.78, 5) is 14.8. The van der Waals surface area contributed by atoms with Crippen LogP contribution in [0, 0.1) is 0 Å². The molecule has 1 aliphatic heterocycles. The summed E-state index contributed by atoms with van der Waals surface area (Å²) in [5.41, 5.74) is 2.49. The molecule has 1 atom stereocenters. The summed E-state index contributed by atoms with van der Waals surface area (Å²) in [6.45, 7) is 4.81. The highest BCUT2D eigenvalue weighted by atomic mass is 16.5. The molecule has 27 heavy (non-hydrogen) atoms. The third-order valence-electron chi connectivity index (χ3n) is 4.98. The van der Waals surface area contributed by atoms with Crippen molar-refractivity contribution in [3.05, 3.63) is 59.7 Å². The van der Waals surface area contributed by atoms with Gasteiger partial charge in [-0.3, -0.25) is 4.79 Å². The first-order valence-electron chi connectivity index (χ1n) is 9.57. The van der Waals surface area contributed by atoms with Crippen molar-refractivity contribution in [3.63, 3.8) is 0 Å². The second-order valence-corrected chi connectivity index (χ2v) is 6.65. The Bertz CT molecular complexity index is 745. The Hall–Kier alpha value is -2.53. The van der Waals surface area contributed by atoms with Crippen LogP contribution in [0.15, 0.2) is 48.5 Å². The molecule has 1 fully saturated rings. The minimum atomic E-state index is 0.0726. The number of benzene rings is 2. The lowest BCUT2D eigenvalue weighted by Crippen LogP contribution is -2.48. The molecule has 5 heteroatoms. The first kappa shape index (κ1) is 19.2. The minimum absolute atomic E-state index is 0.0726. The van der Waals surface area contributed by atoms with Crippen LogP contribution in [-0.2, 0) is 11.2 Å². The summed E-state index contributed by atoms with van der Waals surface area (Å²) in [5, 5.41) is 3.40. The van der Waals surface area contributed by atoms with E-state index in [2.05, 4.69) is 36.5 Å². The predicted molar refractivity (Wildman–Crippen MR) is 106 cm³/mol. The van der Waals surface area contributed by atoms with Crippen LogP contribution in [-0.4, -0.2) is 44.2 Å². The molecule has 1 aliphatic rings. The average Bonchev–Trinajstić information content (AvgIpc) is 2.74. The number of piperazine rings is 1. The van der Waals surface area contributed by atoms with Gasteiger partial charge >= 0.3 is 0 Å². The maximum Gasteiger partial charge on any atom is 0.226 e. The van der Waals surface area contributed by atoms with Crippen molar-refractivity contribution < 1.29 is 14.3 Å². The Kier molecular flexibility index (Phi) is 6.71. The quantitative estimate of drug-likeness (QED) is 0.815. The van der Waals surface area contributed by atoms with Gasteiger partial charge in [0.25, 0.3) is 0 Å². The van der Waals surface area contributed by atoms with E-state index in [9.17, 15) is 4.79 Å². The first-order chi connectivity index (χ1) is 13.2. The fraction of sp³-hybridized carbons (Fsp3) is 0.409. The maximum absolute atomic E-state index is 12.8. The van der Waals surface area contributed by atoms with Crippen LogP contribution in [0.4, 0.5) is 0 Å². The van der Waals surface area contributed by atoms with Crippen molar-refractivity contribution in [1.29, 1.82) is 0 Å². The molecule has 1 heterocycles. The van der Waals surface area contributed by atoms with E-state index in [4.69, 9.17) is 9.47 Å². The highest BCUT2D eigenvalue weighted by molar-refractivity contribution is 5.77. The summed E-state index contributed by atoms with van der Waals surface area (Å²) in [7, 11) is 1.61. The molecular formula is C22H28N2O3. The zero-order chi connectivity index (χ0) is 19.1. The largest absolute Gasteiger partial charge is 0.493 e. The van der Waals surface area contributed by atoms with Crippen LogP contribution in [0.2, 0.25) is 0 Å². The van der Waals surface area contributed by atoms with Gasteiger partial charge in [-0.15, -0.1) is 0 Å². The fourth-order valence-electron chi connectivity index (χ4n) is 3.41. The number of methoxy groups -OCH3 is 1. The van der Waals surface area contributed by atoms with Crippen LogP contribution in [0.25, 0.3) is 0 Å². The molecule has 1 saturated heterocycles. The van der Waals surface area contributed by atoms with Gasteiger partial charge in [0.15, 0.2) is 11.5 Å². The van der Waals surface area contributed by atoms with Crippen LogP contribution < -0.4 is 14.8 Å². The van der Waals surface area contributed by atoms with Gasteiger partial charge in [-0.2, -0.15) is 0 Å². The van der Waals surface area contributed by atoms with E-state index >= 15 is 0 Å². The molecule has 0 radical (unpaired) electrons. The van der Waals surface area contributed by atoms with Crippen LogP contribution >= 0.6 is 0 Å². The predicted octanol–water partition coefficient (Wildman–Crippen LogP) is 3.20. The van der Waals surface area contributed by atoms with Gasteiger partial charge in [0, 0.05) is 19.6 Å².